The van der Waals surface area contributed by atoms with E-state index in [4.69, 9.17) is 16.9 Å². The summed E-state index contributed by atoms with van der Waals surface area (Å²) in [4.78, 5) is 0. The highest BCUT2D eigenvalue weighted by Gasteiger charge is 2.22. The molecule has 2 N–H and O–H groups in total. The molecule has 0 aliphatic heterocycles. The van der Waals surface area contributed by atoms with Crippen LogP contribution in [0.1, 0.15) is 23.7 Å². The summed E-state index contributed by atoms with van der Waals surface area (Å²) in [7, 11) is 0. The number of hydrogen-bond donors (Lipinski definition) is 2. The summed E-state index contributed by atoms with van der Waals surface area (Å²) in [6.45, 7) is 1.63. The van der Waals surface area contributed by atoms with E-state index in [0.717, 1.165) is 0 Å². The fourth-order valence-corrected chi connectivity index (χ4v) is 1.47. The van der Waals surface area contributed by atoms with Crippen molar-refractivity contribution < 1.29 is 14.6 Å². The molecule has 0 aliphatic rings. The first kappa shape index (κ1) is 12.9. The first-order valence-corrected chi connectivity index (χ1v) is 5.03. The largest absolute Gasteiger partial charge is 0.389 e. The van der Waals surface area contributed by atoms with Crippen molar-refractivity contribution >= 4 is 11.6 Å². The lowest BCUT2D eigenvalue weighted by molar-refractivity contribution is 0.0195. The number of aliphatic hydroxyl groups excluding tert-OH is 2. The second-order valence-corrected chi connectivity index (χ2v) is 3.90. The van der Waals surface area contributed by atoms with Crippen LogP contribution in [0.25, 0.3) is 0 Å². The third kappa shape index (κ3) is 2.70. The Hall–Kier alpha value is -1.15. The zero-order valence-corrected chi connectivity index (χ0v) is 9.37. The van der Waals surface area contributed by atoms with Gasteiger partial charge in [0.1, 0.15) is 11.9 Å². The lowest BCUT2D eigenvalue weighted by atomic mass is 10.0. The topological polar surface area (TPSA) is 64.2 Å². The number of rotatable bonds is 3. The molecule has 0 aromatic heterocycles. The van der Waals surface area contributed by atoms with Gasteiger partial charge in [0, 0.05) is 10.6 Å². The van der Waals surface area contributed by atoms with Crippen molar-refractivity contribution in [3.05, 3.63) is 34.1 Å². The molecule has 0 radical (unpaired) electrons. The molecule has 0 saturated carbocycles. The van der Waals surface area contributed by atoms with Crippen molar-refractivity contribution in [2.45, 2.75) is 25.6 Å². The Labute approximate surface area is 97.7 Å². The Morgan fingerprint density at radius 1 is 1.50 bits per heavy atom. The molecular weight excluding hydrogens is 233 g/mol. The van der Waals surface area contributed by atoms with Gasteiger partial charge in [-0.3, -0.25) is 0 Å². The van der Waals surface area contributed by atoms with Gasteiger partial charge in [0.05, 0.1) is 18.6 Å². The van der Waals surface area contributed by atoms with Gasteiger partial charge in [-0.15, -0.1) is 0 Å². The third-order valence-corrected chi connectivity index (χ3v) is 2.67. The Balaban J connectivity index is 3.04. The van der Waals surface area contributed by atoms with E-state index in [2.05, 4.69) is 0 Å². The van der Waals surface area contributed by atoms with Gasteiger partial charge in [0.2, 0.25) is 0 Å². The van der Waals surface area contributed by atoms with E-state index in [1.165, 1.54) is 12.1 Å². The molecule has 0 saturated heterocycles. The van der Waals surface area contributed by atoms with Crippen LogP contribution in [0.15, 0.2) is 12.1 Å². The van der Waals surface area contributed by atoms with Crippen LogP contribution in [-0.4, -0.2) is 16.3 Å². The molecule has 1 aromatic carbocycles. The Bertz CT molecular complexity index is 431. The normalized spacial score (nSPS) is 14.2. The molecule has 16 heavy (non-hydrogen) atoms. The van der Waals surface area contributed by atoms with Crippen LogP contribution >= 0.6 is 11.6 Å². The lowest BCUT2D eigenvalue weighted by Gasteiger charge is -2.17. The first-order valence-electron chi connectivity index (χ1n) is 4.66. The molecule has 2 unspecified atom stereocenters. The molecule has 0 aliphatic carbocycles. The van der Waals surface area contributed by atoms with Gasteiger partial charge in [-0.1, -0.05) is 11.6 Å². The first-order chi connectivity index (χ1) is 7.47. The minimum atomic E-state index is -1.45. The summed E-state index contributed by atoms with van der Waals surface area (Å²) in [5.74, 6) is -0.647. The van der Waals surface area contributed by atoms with Crippen molar-refractivity contribution in [3.63, 3.8) is 0 Å². The zero-order valence-electron chi connectivity index (χ0n) is 8.61. The molecule has 0 heterocycles. The number of nitriles is 1. The predicted octanol–water partition coefficient (Wildman–Crippen LogP) is 2.10. The van der Waals surface area contributed by atoms with Gasteiger partial charge >= 0.3 is 0 Å². The number of nitrogens with zero attached hydrogens (tertiary/aromatic N) is 1. The number of benzene rings is 1. The molecule has 0 bridgehead atoms. The molecule has 0 spiro atoms. The molecule has 86 valence electrons. The van der Waals surface area contributed by atoms with E-state index in [9.17, 15) is 14.6 Å². The third-order valence-electron chi connectivity index (χ3n) is 2.26. The summed E-state index contributed by atoms with van der Waals surface area (Å²) in [6, 6.07) is 4.14. The van der Waals surface area contributed by atoms with Crippen LogP contribution in [0.5, 0.6) is 0 Å². The Morgan fingerprint density at radius 3 is 2.69 bits per heavy atom. The highest BCUT2D eigenvalue weighted by atomic mass is 35.5. The quantitative estimate of drug-likeness (QED) is 0.855. The van der Waals surface area contributed by atoms with E-state index in [-0.39, 0.29) is 12.0 Å². The summed E-state index contributed by atoms with van der Waals surface area (Å²) >= 11 is 5.79. The molecular formula is C11H11ClFNO2. The van der Waals surface area contributed by atoms with Crippen LogP contribution in [-0.2, 0) is 0 Å². The van der Waals surface area contributed by atoms with Gasteiger partial charge in [0.15, 0.2) is 0 Å². The van der Waals surface area contributed by atoms with E-state index >= 15 is 0 Å². The van der Waals surface area contributed by atoms with E-state index in [0.29, 0.717) is 10.6 Å². The van der Waals surface area contributed by atoms with Crippen molar-refractivity contribution in [1.82, 2.24) is 0 Å². The maximum Gasteiger partial charge on any atom is 0.129 e. The van der Waals surface area contributed by atoms with Gasteiger partial charge in [-0.05, 0) is 24.6 Å². The SMILES string of the molecule is Cc1cc(F)c(C(O)C(O)CC#N)cc1Cl. The van der Waals surface area contributed by atoms with Gasteiger partial charge < -0.3 is 10.2 Å². The fraction of sp³-hybridized carbons (Fsp3) is 0.364. The molecule has 2 atom stereocenters. The van der Waals surface area contributed by atoms with Crippen molar-refractivity contribution in [3.8, 4) is 6.07 Å². The second-order valence-electron chi connectivity index (χ2n) is 3.50. The molecule has 0 fully saturated rings. The summed E-state index contributed by atoms with van der Waals surface area (Å²) < 4.78 is 13.5. The number of aliphatic hydroxyl groups is 2. The number of halogens is 2. The second kappa shape index (κ2) is 5.26. The average molecular weight is 244 g/mol. The maximum atomic E-state index is 13.5. The number of hydrogen-bond acceptors (Lipinski definition) is 3. The van der Waals surface area contributed by atoms with E-state index in [1.807, 2.05) is 0 Å². The average Bonchev–Trinajstić information content (AvgIpc) is 2.23. The van der Waals surface area contributed by atoms with Crippen LogP contribution in [0.4, 0.5) is 4.39 Å². The molecule has 1 rings (SSSR count). The van der Waals surface area contributed by atoms with Crippen LogP contribution in [0.2, 0.25) is 5.02 Å². The maximum absolute atomic E-state index is 13.5. The van der Waals surface area contributed by atoms with Crippen LogP contribution in [0.3, 0.4) is 0 Å². The summed E-state index contributed by atoms with van der Waals surface area (Å²) in [6.07, 6.45) is -3.04. The van der Waals surface area contributed by atoms with Crippen LogP contribution < -0.4 is 0 Å². The lowest BCUT2D eigenvalue weighted by Crippen LogP contribution is -2.18. The summed E-state index contributed by atoms with van der Waals surface area (Å²) in [5.41, 5.74) is 0.447. The minimum Gasteiger partial charge on any atom is -0.389 e. The van der Waals surface area contributed by atoms with Crippen LogP contribution in [0, 0.1) is 24.1 Å². The van der Waals surface area contributed by atoms with E-state index in [1.54, 1.807) is 13.0 Å². The van der Waals surface area contributed by atoms with Gasteiger partial charge in [-0.25, -0.2) is 4.39 Å². The fourth-order valence-electron chi connectivity index (χ4n) is 1.30. The standard InChI is InChI=1S/C11H11ClFNO2/c1-6-4-9(13)7(5-8(6)12)11(16)10(15)2-3-14/h4-5,10-11,15-16H,2H2,1H3. The monoisotopic (exact) mass is 243 g/mol. The number of aryl methyl sites for hydroxylation is 1. The molecule has 3 nitrogen and oxygen atoms in total. The van der Waals surface area contributed by atoms with Crippen molar-refractivity contribution in [2.75, 3.05) is 0 Å². The zero-order chi connectivity index (χ0) is 12.3. The minimum absolute atomic E-state index is 0.0987. The van der Waals surface area contributed by atoms with Crippen molar-refractivity contribution in [2.24, 2.45) is 0 Å². The van der Waals surface area contributed by atoms with Gasteiger partial charge in [0.25, 0.3) is 0 Å². The Kier molecular flexibility index (Phi) is 4.25. The highest BCUT2D eigenvalue weighted by molar-refractivity contribution is 6.31. The molecule has 5 heteroatoms. The smallest absolute Gasteiger partial charge is 0.129 e. The molecule has 1 aromatic rings. The molecule has 0 amide bonds. The van der Waals surface area contributed by atoms with E-state index < -0.39 is 18.0 Å². The Morgan fingerprint density at radius 2 is 2.12 bits per heavy atom. The van der Waals surface area contributed by atoms with Gasteiger partial charge in [-0.2, -0.15) is 5.26 Å². The summed E-state index contributed by atoms with van der Waals surface area (Å²) in [5, 5.41) is 27.7. The highest BCUT2D eigenvalue weighted by Crippen LogP contribution is 2.27. The predicted molar refractivity (Wildman–Crippen MR) is 57.3 cm³/mol. The van der Waals surface area contributed by atoms with Crippen molar-refractivity contribution in [1.29, 1.82) is 5.26 Å².